The van der Waals surface area contributed by atoms with Crippen LogP contribution in [0.1, 0.15) is 43.7 Å². The first-order valence-electron chi connectivity index (χ1n) is 8.93. The summed E-state index contributed by atoms with van der Waals surface area (Å²) in [5, 5.41) is -0.397. The van der Waals surface area contributed by atoms with E-state index in [4.69, 9.17) is 12.2 Å². The number of para-hydroxylation sites is 1. The van der Waals surface area contributed by atoms with E-state index in [0.717, 1.165) is 53.5 Å². The van der Waals surface area contributed by atoms with Crippen LogP contribution in [-0.2, 0) is 16.0 Å². The summed E-state index contributed by atoms with van der Waals surface area (Å²) >= 11 is 6.93. The molecule has 2 amide bonds. The monoisotopic (exact) mass is 376 g/mol. The van der Waals surface area contributed by atoms with Gasteiger partial charge in [-0.15, -0.1) is 0 Å². The standard InChI is InChI=1S/C19H24N2O2S2/c1-3-14-9-7-8-13(2)17(14)21-16(22)12-15(18(21)23)25-19(24)20-10-5-4-6-11-20/h7-9,15H,3-6,10-12H2,1-2H3/t15-/m0/s1. The lowest BCUT2D eigenvalue weighted by Gasteiger charge is -2.29. The molecule has 0 bridgehead atoms. The number of carbonyl (C=O) groups is 2. The number of benzene rings is 1. The fraction of sp³-hybridized carbons (Fsp3) is 0.526. The van der Waals surface area contributed by atoms with Crippen LogP contribution in [0, 0.1) is 6.92 Å². The summed E-state index contributed by atoms with van der Waals surface area (Å²) in [6, 6.07) is 5.91. The number of likely N-dealkylation sites (tertiary alicyclic amines) is 1. The molecule has 25 heavy (non-hydrogen) atoms. The number of thiocarbonyl (C=S) groups is 1. The number of amides is 2. The maximum absolute atomic E-state index is 13.0. The molecule has 0 spiro atoms. The lowest BCUT2D eigenvalue weighted by molar-refractivity contribution is -0.121. The van der Waals surface area contributed by atoms with E-state index in [9.17, 15) is 9.59 Å². The molecule has 1 aromatic carbocycles. The molecule has 1 atom stereocenters. The second-order valence-electron chi connectivity index (χ2n) is 6.63. The Morgan fingerprint density at radius 2 is 1.96 bits per heavy atom. The molecule has 2 aliphatic heterocycles. The molecule has 0 unspecified atom stereocenters. The summed E-state index contributed by atoms with van der Waals surface area (Å²) in [6.45, 7) is 5.92. The Morgan fingerprint density at radius 1 is 1.24 bits per heavy atom. The van der Waals surface area contributed by atoms with Gasteiger partial charge < -0.3 is 4.90 Å². The number of hydrogen-bond acceptors (Lipinski definition) is 4. The molecule has 0 saturated carbocycles. The Kier molecular flexibility index (Phi) is 5.79. The average Bonchev–Trinajstić information content (AvgIpc) is 2.89. The average molecular weight is 377 g/mol. The van der Waals surface area contributed by atoms with Gasteiger partial charge in [-0.05, 0) is 43.7 Å². The highest BCUT2D eigenvalue weighted by Crippen LogP contribution is 2.35. The van der Waals surface area contributed by atoms with E-state index in [1.807, 2.05) is 32.0 Å². The molecule has 4 nitrogen and oxygen atoms in total. The van der Waals surface area contributed by atoms with Gasteiger partial charge in [-0.25, -0.2) is 4.90 Å². The first-order valence-corrected chi connectivity index (χ1v) is 10.2. The molecule has 2 saturated heterocycles. The van der Waals surface area contributed by atoms with Crippen molar-refractivity contribution in [2.75, 3.05) is 18.0 Å². The number of thioether (sulfide) groups is 1. The molecule has 0 aromatic heterocycles. The SMILES string of the molecule is CCc1cccc(C)c1N1C(=O)C[C@H](SC(=S)N2CCCCC2)C1=O. The molecule has 2 fully saturated rings. The summed E-state index contributed by atoms with van der Waals surface area (Å²) < 4.78 is 0.758. The molecule has 3 rings (SSSR count). The lowest BCUT2D eigenvalue weighted by Crippen LogP contribution is -2.36. The Balaban J connectivity index is 1.78. The molecule has 134 valence electrons. The van der Waals surface area contributed by atoms with Gasteiger partial charge in [0.2, 0.25) is 11.8 Å². The van der Waals surface area contributed by atoms with Crippen molar-refractivity contribution in [1.29, 1.82) is 0 Å². The highest BCUT2D eigenvalue weighted by Gasteiger charge is 2.42. The van der Waals surface area contributed by atoms with Crippen LogP contribution in [0.15, 0.2) is 18.2 Å². The van der Waals surface area contributed by atoms with Gasteiger partial charge in [0.25, 0.3) is 0 Å². The van der Waals surface area contributed by atoms with Crippen LogP contribution in [0.2, 0.25) is 0 Å². The Morgan fingerprint density at radius 3 is 2.64 bits per heavy atom. The van der Waals surface area contributed by atoms with Crippen molar-refractivity contribution in [3.8, 4) is 0 Å². The number of piperidine rings is 1. The minimum atomic E-state index is -0.397. The molecular formula is C19H24N2O2S2. The van der Waals surface area contributed by atoms with E-state index in [2.05, 4.69) is 4.90 Å². The van der Waals surface area contributed by atoms with Crippen LogP contribution in [0.3, 0.4) is 0 Å². The third-order valence-corrected chi connectivity index (χ3v) is 6.55. The van der Waals surface area contributed by atoms with Crippen molar-refractivity contribution in [1.82, 2.24) is 4.90 Å². The summed E-state index contributed by atoms with van der Waals surface area (Å²) in [5.41, 5.74) is 2.77. The number of imide groups is 1. The van der Waals surface area contributed by atoms with Gasteiger partial charge >= 0.3 is 0 Å². The van der Waals surface area contributed by atoms with E-state index in [0.29, 0.717) is 0 Å². The Labute approximate surface area is 158 Å². The molecule has 2 heterocycles. The number of anilines is 1. The smallest absolute Gasteiger partial charge is 0.247 e. The van der Waals surface area contributed by atoms with Crippen LogP contribution in [0.25, 0.3) is 0 Å². The highest BCUT2D eigenvalue weighted by atomic mass is 32.2. The summed E-state index contributed by atoms with van der Waals surface area (Å²) in [6.07, 6.45) is 4.55. The second kappa shape index (κ2) is 7.87. The zero-order valence-electron chi connectivity index (χ0n) is 14.8. The van der Waals surface area contributed by atoms with E-state index in [-0.39, 0.29) is 18.2 Å². The van der Waals surface area contributed by atoms with Crippen LogP contribution in [-0.4, -0.2) is 39.4 Å². The Hall–Kier alpha value is -1.40. The summed E-state index contributed by atoms with van der Waals surface area (Å²) in [4.78, 5) is 29.1. The number of rotatable bonds is 3. The zero-order valence-corrected chi connectivity index (χ0v) is 16.4. The maximum Gasteiger partial charge on any atom is 0.247 e. The van der Waals surface area contributed by atoms with Gasteiger partial charge in [0.15, 0.2) is 0 Å². The molecule has 2 aliphatic rings. The third kappa shape index (κ3) is 3.75. The van der Waals surface area contributed by atoms with Gasteiger partial charge in [0, 0.05) is 19.5 Å². The van der Waals surface area contributed by atoms with Crippen LogP contribution in [0.4, 0.5) is 5.69 Å². The topological polar surface area (TPSA) is 40.6 Å². The molecule has 6 heteroatoms. The van der Waals surface area contributed by atoms with E-state index in [1.54, 1.807) is 0 Å². The third-order valence-electron chi connectivity index (χ3n) is 4.89. The van der Waals surface area contributed by atoms with Gasteiger partial charge in [0.1, 0.15) is 9.57 Å². The fourth-order valence-corrected chi connectivity index (χ4v) is 5.07. The fourth-order valence-electron chi connectivity index (χ4n) is 3.53. The van der Waals surface area contributed by atoms with Gasteiger partial charge in [0.05, 0.1) is 5.69 Å². The summed E-state index contributed by atoms with van der Waals surface area (Å²) in [5.74, 6) is -0.244. The zero-order chi connectivity index (χ0) is 18.0. The highest BCUT2D eigenvalue weighted by molar-refractivity contribution is 8.23. The normalized spacial score (nSPS) is 21.1. The van der Waals surface area contributed by atoms with Crippen molar-refractivity contribution in [3.05, 3.63) is 29.3 Å². The van der Waals surface area contributed by atoms with Crippen molar-refractivity contribution < 1.29 is 9.59 Å². The predicted molar refractivity (Wildman–Crippen MR) is 107 cm³/mol. The number of carbonyl (C=O) groups excluding carboxylic acids is 2. The number of hydrogen-bond donors (Lipinski definition) is 0. The lowest BCUT2D eigenvalue weighted by atomic mass is 10.0. The molecule has 0 N–H and O–H groups in total. The quantitative estimate of drug-likeness (QED) is 0.594. The van der Waals surface area contributed by atoms with Crippen molar-refractivity contribution in [2.45, 2.75) is 51.2 Å². The molecular weight excluding hydrogens is 352 g/mol. The van der Waals surface area contributed by atoms with Crippen molar-refractivity contribution in [3.63, 3.8) is 0 Å². The minimum Gasteiger partial charge on any atom is -0.358 e. The maximum atomic E-state index is 13.0. The van der Waals surface area contributed by atoms with E-state index < -0.39 is 5.25 Å². The molecule has 0 radical (unpaired) electrons. The van der Waals surface area contributed by atoms with Gasteiger partial charge in [-0.2, -0.15) is 0 Å². The first kappa shape index (κ1) is 18.4. The van der Waals surface area contributed by atoms with Crippen LogP contribution < -0.4 is 4.90 Å². The predicted octanol–water partition coefficient (Wildman–Crippen LogP) is 3.69. The summed E-state index contributed by atoms with van der Waals surface area (Å²) in [7, 11) is 0. The number of aryl methyl sites for hydroxylation is 2. The minimum absolute atomic E-state index is 0.118. The largest absolute Gasteiger partial charge is 0.358 e. The van der Waals surface area contributed by atoms with Crippen molar-refractivity contribution >= 4 is 45.8 Å². The van der Waals surface area contributed by atoms with Crippen LogP contribution in [0.5, 0.6) is 0 Å². The molecule has 0 aliphatic carbocycles. The number of nitrogens with zero attached hydrogens (tertiary/aromatic N) is 2. The van der Waals surface area contributed by atoms with Crippen LogP contribution >= 0.6 is 24.0 Å². The van der Waals surface area contributed by atoms with Gasteiger partial charge in [-0.3, -0.25) is 9.59 Å². The second-order valence-corrected chi connectivity index (χ2v) is 8.46. The first-order chi connectivity index (χ1) is 12.0. The molecule has 1 aromatic rings. The Bertz CT molecular complexity index is 699. The van der Waals surface area contributed by atoms with Crippen molar-refractivity contribution in [2.24, 2.45) is 0 Å². The van der Waals surface area contributed by atoms with Gasteiger partial charge in [-0.1, -0.05) is 49.1 Å². The van der Waals surface area contributed by atoms with E-state index >= 15 is 0 Å². The van der Waals surface area contributed by atoms with E-state index in [1.165, 1.54) is 23.1 Å².